The van der Waals surface area contributed by atoms with Crippen molar-refractivity contribution in [3.8, 4) is 0 Å². The fourth-order valence-corrected chi connectivity index (χ4v) is 1.94. The van der Waals surface area contributed by atoms with Crippen molar-refractivity contribution in [3.63, 3.8) is 0 Å². The Kier molecular flexibility index (Phi) is 7.80. The molecule has 100 valence electrons. The molecular formula is C10H13ClIN3O3. The lowest BCUT2D eigenvalue weighted by molar-refractivity contribution is -0.384. The first-order valence-electron chi connectivity index (χ1n) is 4.93. The van der Waals surface area contributed by atoms with Gasteiger partial charge in [0.1, 0.15) is 0 Å². The van der Waals surface area contributed by atoms with Gasteiger partial charge in [0, 0.05) is 28.8 Å². The molecule has 0 saturated heterocycles. The summed E-state index contributed by atoms with van der Waals surface area (Å²) < 4.78 is 0.568. The van der Waals surface area contributed by atoms with Gasteiger partial charge in [0.15, 0.2) is 0 Å². The van der Waals surface area contributed by atoms with Gasteiger partial charge in [0.2, 0.25) is 0 Å². The highest BCUT2D eigenvalue weighted by molar-refractivity contribution is 14.1. The number of benzene rings is 1. The minimum Gasteiger partial charge on any atom is -0.351 e. The van der Waals surface area contributed by atoms with Crippen LogP contribution in [0.3, 0.4) is 0 Å². The van der Waals surface area contributed by atoms with Gasteiger partial charge >= 0.3 is 0 Å². The number of amides is 1. The molecule has 0 saturated carbocycles. The van der Waals surface area contributed by atoms with Crippen molar-refractivity contribution in [3.05, 3.63) is 37.4 Å². The number of non-ortho nitro benzene ring substituents is 1. The Balaban J connectivity index is 0.00000289. The summed E-state index contributed by atoms with van der Waals surface area (Å²) >= 11 is 1.91. The highest BCUT2D eigenvalue weighted by Gasteiger charge is 2.13. The summed E-state index contributed by atoms with van der Waals surface area (Å²) in [4.78, 5) is 21.8. The number of halogens is 2. The molecule has 6 nitrogen and oxygen atoms in total. The van der Waals surface area contributed by atoms with Gasteiger partial charge in [-0.25, -0.2) is 0 Å². The molecule has 0 atom stereocenters. The van der Waals surface area contributed by atoms with Gasteiger partial charge in [-0.05, 0) is 35.7 Å². The van der Waals surface area contributed by atoms with Crippen molar-refractivity contribution in [1.82, 2.24) is 10.6 Å². The number of nitrogens with one attached hydrogen (secondary N) is 2. The van der Waals surface area contributed by atoms with Crippen LogP contribution in [0.2, 0.25) is 0 Å². The average Bonchev–Trinajstić information content (AvgIpc) is 2.28. The van der Waals surface area contributed by atoms with E-state index in [1.165, 1.54) is 18.2 Å². The number of likely N-dealkylation sites (N-methyl/N-ethyl adjacent to an activating group) is 1. The summed E-state index contributed by atoms with van der Waals surface area (Å²) in [6, 6.07) is 4.18. The van der Waals surface area contributed by atoms with Crippen LogP contribution in [0.25, 0.3) is 0 Å². The molecule has 1 rings (SSSR count). The summed E-state index contributed by atoms with van der Waals surface area (Å²) in [7, 11) is 1.79. The Labute approximate surface area is 124 Å². The molecule has 1 aromatic carbocycles. The normalized spacial score (nSPS) is 9.44. The Bertz CT molecular complexity index is 442. The van der Waals surface area contributed by atoms with Gasteiger partial charge in [0.05, 0.1) is 10.5 Å². The van der Waals surface area contributed by atoms with Crippen molar-refractivity contribution in [2.45, 2.75) is 0 Å². The van der Waals surface area contributed by atoms with Crippen molar-refractivity contribution in [2.24, 2.45) is 0 Å². The summed E-state index contributed by atoms with van der Waals surface area (Å²) in [5, 5.41) is 16.2. The standard InChI is InChI=1S/C10H12IN3O3.ClH/c1-12-4-5-13-10(15)8-3-2-7(14(16)17)6-9(8)11;/h2-3,6,12H,4-5H2,1H3,(H,13,15);1H. The number of hydrogen-bond donors (Lipinski definition) is 2. The molecule has 8 heteroatoms. The maximum absolute atomic E-state index is 11.7. The predicted molar refractivity (Wildman–Crippen MR) is 79.3 cm³/mol. The third-order valence-electron chi connectivity index (χ3n) is 2.07. The first-order chi connectivity index (χ1) is 8.06. The summed E-state index contributed by atoms with van der Waals surface area (Å²) in [6.07, 6.45) is 0. The number of nitro benzene ring substituents is 1. The molecule has 0 heterocycles. The Morgan fingerprint density at radius 3 is 2.61 bits per heavy atom. The highest BCUT2D eigenvalue weighted by Crippen LogP contribution is 2.19. The molecule has 1 aromatic rings. The first-order valence-corrected chi connectivity index (χ1v) is 6.01. The molecule has 0 aliphatic rings. The summed E-state index contributed by atoms with van der Waals surface area (Å²) in [5.41, 5.74) is 0.438. The molecule has 0 unspecified atom stereocenters. The van der Waals surface area contributed by atoms with E-state index in [1.54, 1.807) is 7.05 Å². The zero-order chi connectivity index (χ0) is 12.8. The number of carbonyl (C=O) groups is 1. The van der Waals surface area contributed by atoms with Gasteiger partial charge in [0.25, 0.3) is 11.6 Å². The molecule has 0 bridgehead atoms. The zero-order valence-corrected chi connectivity index (χ0v) is 12.6. The fraction of sp³-hybridized carbons (Fsp3) is 0.300. The van der Waals surface area contributed by atoms with Crippen LogP contribution in [0.4, 0.5) is 5.69 Å². The van der Waals surface area contributed by atoms with E-state index >= 15 is 0 Å². The second-order valence-corrected chi connectivity index (χ2v) is 4.44. The maximum atomic E-state index is 11.7. The predicted octanol–water partition coefficient (Wildman–Crippen LogP) is 1.57. The summed E-state index contributed by atoms with van der Waals surface area (Å²) in [5.74, 6) is -0.223. The van der Waals surface area contributed by atoms with Gasteiger partial charge in [-0.2, -0.15) is 0 Å². The lowest BCUT2D eigenvalue weighted by atomic mass is 10.2. The molecule has 0 radical (unpaired) electrons. The highest BCUT2D eigenvalue weighted by atomic mass is 127. The van der Waals surface area contributed by atoms with Gasteiger partial charge < -0.3 is 10.6 Å². The van der Waals surface area contributed by atoms with Crippen molar-refractivity contribution in [1.29, 1.82) is 0 Å². The fourth-order valence-electron chi connectivity index (χ4n) is 1.20. The molecule has 0 aliphatic heterocycles. The Morgan fingerprint density at radius 1 is 1.44 bits per heavy atom. The van der Waals surface area contributed by atoms with Crippen LogP contribution in [-0.4, -0.2) is 31.0 Å². The monoisotopic (exact) mass is 385 g/mol. The lowest BCUT2D eigenvalue weighted by Gasteiger charge is -2.06. The van der Waals surface area contributed by atoms with Crippen LogP contribution < -0.4 is 10.6 Å². The zero-order valence-electron chi connectivity index (χ0n) is 9.60. The quantitative estimate of drug-likeness (QED) is 0.349. The van der Waals surface area contributed by atoms with Crippen molar-refractivity contribution in [2.75, 3.05) is 20.1 Å². The van der Waals surface area contributed by atoms with E-state index in [2.05, 4.69) is 10.6 Å². The smallest absolute Gasteiger partial charge is 0.270 e. The molecule has 0 fully saturated rings. The van der Waals surface area contributed by atoms with Gasteiger partial charge in [-0.15, -0.1) is 12.4 Å². The number of nitrogens with zero attached hydrogens (tertiary/aromatic N) is 1. The van der Waals surface area contributed by atoms with E-state index in [0.717, 1.165) is 0 Å². The van der Waals surface area contributed by atoms with Crippen LogP contribution in [0, 0.1) is 13.7 Å². The van der Waals surface area contributed by atoms with Gasteiger partial charge in [-0.3, -0.25) is 14.9 Å². The first kappa shape index (κ1) is 17.1. The minimum atomic E-state index is -0.481. The second-order valence-electron chi connectivity index (χ2n) is 3.28. The maximum Gasteiger partial charge on any atom is 0.270 e. The van der Waals surface area contributed by atoms with Gasteiger partial charge in [-0.1, -0.05) is 0 Å². The number of hydrogen-bond acceptors (Lipinski definition) is 4. The van der Waals surface area contributed by atoms with Crippen molar-refractivity contribution >= 4 is 46.6 Å². The molecule has 1 amide bonds. The topological polar surface area (TPSA) is 84.3 Å². The van der Waals surface area contributed by atoms with E-state index in [-0.39, 0.29) is 24.0 Å². The summed E-state index contributed by atoms with van der Waals surface area (Å²) in [6.45, 7) is 1.19. The SMILES string of the molecule is CNCCNC(=O)c1ccc([N+](=O)[O-])cc1I.Cl. The van der Waals surface area contributed by atoms with Crippen LogP contribution in [0.15, 0.2) is 18.2 Å². The largest absolute Gasteiger partial charge is 0.351 e. The van der Waals surface area contributed by atoms with Crippen LogP contribution >= 0.6 is 35.0 Å². The van der Waals surface area contributed by atoms with E-state index in [4.69, 9.17) is 0 Å². The molecule has 2 N–H and O–H groups in total. The third kappa shape index (κ3) is 4.75. The average molecular weight is 386 g/mol. The lowest BCUT2D eigenvalue weighted by Crippen LogP contribution is -2.30. The van der Waals surface area contributed by atoms with E-state index in [0.29, 0.717) is 22.2 Å². The number of nitro groups is 1. The second kappa shape index (κ2) is 8.22. The molecule has 0 spiro atoms. The molecule has 18 heavy (non-hydrogen) atoms. The molecule has 0 aromatic heterocycles. The number of carbonyl (C=O) groups excluding carboxylic acids is 1. The van der Waals surface area contributed by atoms with Crippen LogP contribution in [0.5, 0.6) is 0 Å². The van der Waals surface area contributed by atoms with Crippen molar-refractivity contribution < 1.29 is 9.72 Å². The van der Waals surface area contributed by atoms with Crippen LogP contribution in [0.1, 0.15) is 10.4 Å². The minimum absolute atomic E-state index is 0. The van der Waals surface area contributed by atoms with E-state index in [9.17, 15) is 14.9 Å². The molecule has 0 aliphatic carbocycles. The van der Waals surface area contributed by atoms with E-state index < -0.39 is 4.92 Å². The Morgan fingerprint density at radius 2 is 2.11 bits per heavy atom. The Hall–Kier alpha value is -0.930. The third-order valence-corrected chi connectivity index (χ3v) is 2.96. The molecular weight excluding hydrogens is 372 g/mol. The van der Waals surface area contributed by atoms with Crippen LogP contribution in [-0.2, 0) is 0 Å². The number of rotatable bonds is 5. The van der Waals surface area contributed by atoms with E-state index in [1.807, 2.05) is 22.6 Å².